The number of aryl methyl sites for hydroxylation is 1. The lowest BCUT2D eigenvalue weighted by Crippen LogP contribution is -2.11. The first kappa shape index (κ1) is 14.0. The Balaban J connectivity index is 2.40. The first-order valence-corrected chi connectivity index (χ1v) is 7.55. The van der Waals surface area contributed by atoms with Crippen molar-refractivity contribution >= 4 is 26.0 Å². The van der Waals surface area contributed by atoms with Crippen molar-refractivity contribution < 1.29 is 17.0 Å². The van der Waals surface area contributed by atoms with Gasteiger partial charge in [-0.1, -0.05) is 28.1 Å². The molecule has 0 aliphatic rings. The van der Waals surface area contributed by atoms with Crippen molar-refractivity contribution in [3.63, 3.8) is 0 Å². The minimum absolute atomic E-state index is 0.121. The highest BCUT2D eigenvalue weighted by molar-refractivity contribution is 9.10. The van der Waals surface area contributed by atoms with Gasteiger partial charge in [-0.05, 0) is 42.8 Å². The second kappa shape index (κ2) is 5.30. The fraction of sp³-hybridized carbons (Fsp3) is 0.0769. The molecule has 0 saturated heterocycles. The van der Waals surface area contributed by atoms with E-state index in [2.05, 4.69) is 15.9 Å². The van der Waals surface area contributed by atoms with Crippen LogP contribution in [0.3, 0.4) is 0 Å². The third kappa shape index (κ3) is 3.33. The summed E-state index contributed by atoms with van der Waals surface area (Å²) >= 11 is 3.20. The van der Waals surface area contributed by atoms with Crippen LogP contribution >= 0.6 is 15.9 Å². The zero-order chi connectivity index (χ0) is 14.0. The summed E-state index contributed by atoms with van der Waals surface area (Å²) in [5.41, 5.74) is 0.637. The molecule has 2 rings (SSSR count). The minimum Gasteiger partial charge on any atom is -0.379 e. The summed E-state index contributed by atoms with van der Waals surface area (Å²) in [6.07, 6.45) is 0. The minimum atomic E-state index is -4.18. The third-order valence-electron chi connectivity index (χ3n) is 2.36. The van der Waals surface area contributed by atoms with Gasteiger partial charge in [0.2, 0.25) is 0 Å². The Labute approximate surface area is 119 Å². The van der Waals surface area contributed by atoms with Gasteiger partial charge in [-0.3, -0.25) is 0 Å². The van der Waals surface area contributed by atoms with Crippen LogP contribution in [-0.2, 0) is 10.1 Å². The molecule has 0 amide bonds. The Morgan fingerprint density at radius 1 is 1.16 bits per heavy atom. The summed E-state index contributed by atoms with van der Waals surface area (Å²) in [5.74, 6) is -0.712. The van der Waals surface area contributed by atoms with Gasteiger partial charge in [0.1, 0.15) is 16.5 Å². The van der Waals surface area contributed by atoms with Gasteiger partial charge < -0.3 is 4.18 Å². The van der Waals surface area contributed by atoms with Crippen LogP contribution in [0.5, 0.6) is 5.75 Å². The first-order valence-electron chi connectivity index (χ1n) is 5.35. The Bertz CT molecular complexity index is 714. The molecule has 6 heteroatoms. The van der Waals surface area contributed by atoms with E-state index in [1.54, 1.807) is 19.1 Å². The number of rotatable bonds is 3. The molecule has 0 fully saturated rings. The van der Waals surface area contributed by atoms with Crippen LogP contribution < -0.4 is 4.18 Å². The summed E-state index contributed by atoms with van der Waals surface area (Å²) < 4.78 is 43.2. The molecular weight excluding hydrogens is 335 g/mol. The molecular formula is C13H10BrFO3S. The molecule has 0 atom stereocenters. The SMILES string of the molecule is Cc1ccc(F)c(S(=O)(=O)Oc2cccc(Br)c2)c1. The molecule has 0 spiro atoms. The molecule has 2 aromatic rings. The standard InChI is InChI=1S/C13H10BrFO3S/c1-9-5-6-12(15)13(7-9)19(16,17)18-11-4-2-3-10(14)8-11/h2-8H,1H3. The van der Waals surface area contributed by atoms with E-state index in [4.69, 9.17) is 4.18 Å². The van der Waals surface area contributed by atoms with Gasteiger partial charge in [-0.25, -0.2) is 4.39 Å². The van der Waals surface area contributed by atoms with E-state index < -0.39 is 20.8 Å². The molecule has 0 saturated carbocycles. The molecule has 0 heterocycles. The molecule has 100 valence electrons. The van der Waals surface area contributed by atoms with Gasteiger partial charge in [0.15, 0.2) is 0 Å². The second-order valence-corrected chi connectivity index (χ2v) is 6.36. The first-order chi connectivity index (χ1) is 8.88. The Morgan fingerprint density at radius 3 is 2.58 bits per heavy atom. The largest absolute Gasteiger partial charge is 0.379 e. The van der Waals surface area contributed by atoms with E-state index >= 15 is 0 Å². The number of benzene rings is 2. The topological polar surface area (TPSA) is 43.4 Å². The summed E-state index contributed by atoms with van der Waals surface area (Å²) in [5, 5.41) is 0. The van der Waals surface area contributed by atoms with Crippen LogP contribution in [-0.4, -0.2) is 8.42 Å². The van der Waals surface area contributed by atoms with Gasteiger partial charge in [-0.2, -0.15) is 8.42 Å². The highest BCUT2D eigenvalue weighted by Gasteiger charge is 2.21. The molecule has 0 aliphatic carbocycles. The van der Waals surface area contributed by atoms with Crippen LogP contribution in [0.4, 0.5) is 4.39 Å². The van der Waals surface area contributed by atoms with E-state index in [9.17, 15) is 12.8 Å². The maximum atomic E-state index is 13.6. The average molecular weight is 345 g/mol. The van der Waals surface area contributed by atoms with Gasteiger partial charge in [0.25, 0.3) is 0 Å². The average Bonchev–Trinajstić information content (AvgIpc) is 2.31. The fourth-order valence-electron chi connectivity index (χ4n) is 1.49. The van der Waals surface area contributed by atoms with Crippen LogP contribution in [0, 0.1) is 12.7 Å². The lowest BCUT2D eigenvalue weighted by molar-refractivity contribution is 0.476. The van der Waals surface area contributed by atoms with Gasteiger partial charge in [0, 0.05) is 4.47 Å². The monoisotopic (exact) mass is 344 g/mol. The number of hydrogen-bond donors (Lipinski definition) is 0. The number of halogens is 2. The highest BCUT2D eigenvalue weighted by Crippen LogP contribution is 2.24. The fourth-order valence-corrected chi connectivity index (χ4v) is 2.95. The predicted molar refractivity (Wildman–Crippen MR) is 73.1 cm³/mol. The molecule has 0 N–H and O–H groups in total. The zero-order valence-corrected chi connectivity index (χ0v) is 12.3. The van der Waals surface area contributed by atoms with Crippen molar-refractivity contribution in [1.29, 1.82) is 0 Å². The maximum Gasteiger partial charge on any atom is 0.342 e. The smallest absolute Gasteiger partial charge is 0.342 e. The Kier molecular flexibility index (Phi) is 3.91. The normalized spacial score (nSPS) is 11.3. The molecule has 19 heavy (non-hydrogen) atoms. The summed E-state index contributed by atoms with van der Waals surface area (Å²) in [6, 6.07) is 10.2. The predicted octanol–water partition coefficient (Wildman–Crippen LogP) is 3.66. The van der Waals surface area contributed by atoms with E-state index in [0.29, 0.717) is 10.0 Å². The van der Waals surface area contributed by atoms with E-state index in [-0.39, 0.29) is 5.75 Å². The molecule has 3 nitrogen and oxygen atoms in total. The molecule has 2 aromatic carbocycles. The number of hydrogen-bond acceptors (Lipinski definition) is 3. The third-order valence-corrected chi connectivity index (χ3v) is 4.11. The molecule has 0 aliphatic heterocycles. The zero-order valence-electron chi connectivity index (χ0n) is 9.93. The van der Waals surface area contributed by atoms with E-state index in [1.807, 2.05) is 0 Å². The molecule has 0 unspecified atom stereocenters. The van der Waals surface area contributed by atoms with Crippen LogP contribution in [0.2, 0.25) is 0 Å². The van der Waals surface area contributed by atoms with Crippen molar-refractivity contribution in [2.75, 3.05) is 0 Å². The van der Waals surface area contributed by atoms with Crippen molar-refractivity contribution in [3.8, 4) is 5.75 Å². The van der Waals surface area contributed by atoms with Crippen LogP contribution in [0.1, 0.15) is 5.56 Å². The van der Waals surface area contributed by atoms with Gasteiger partial charge in [0.05, 0.1) is 0 Å². The van der Waals surface area contributed by atoms with E-state index in [0.717, 1.165) is 6.07 Å². The van der Waals surface area contributed by atoms with Crippen molar-refractivity contribution in [3.05, 3.63) is 58.3 Å². The van der Waals surface area contributed by atoms with Crippen molar-refractivity contribution in [2.24, 2.45) is 0 Å². The Morgan fingerprint density at radius 2 is 1.89 bits per heavy atom. The van der Waals surface area contributed by atoms with E-state index in [1.165, 1.54) is 24.3 Å². The molecule has 0 aromatic heterocycles. The van der Waals surface area contributed by atoms with Gasteiger partial charge >= 0.3 is 10.1 Å². The second-order valence-electron chi connectivity index (χ2n) is 3.93. The lowest BCUT2D eigenvalue weighted by Gasteiger charge is -2.08. The highest BCUT2D eigenvalue weighted by atomic mass is 79.9. The Hall–Kier alpha value is -1.40. The molecule has 0 bridgehead atoms. The van der Waals surface area contributed by atoms with Crippen LogP contribution in [0.15, 0.2) is 51.8 Å². The van der Waals surface area contributed by atoms with Crippen LogP contribution in [0.25, 0.3) is 0 Å². The van der Waals surface area contributed by atoms with Crippen molar-refractivity contribution in [2.45, 2.75) is 11.8 Å². The maximum absolute atomic E-state index is 13.6. The summed E-state index contributed by atoms with van der Waals surface area (Å²) in [4.78, 5) is -0.465. The summed E-state index contributed by atoms with van der Waals surface area (Å²) in [7, 11) is -4.18. The lowest BCUT2D eigenvalue weighted by atomic mass is 10.2. The van der Waals surface area contributed by atoms with Gasteiger partial charge in [-0.15, -0.1) is 0 Å². The quantitative estimate of drug-likeness (QED) is 0.798. The summed E-state index contributed by atoms with van der Waals surface area (Å²) in [6.45, 7) is 1.68. The molecule has 0 radical (unpaired) electrons. The van der Waals surface area contributed by atoms with Crippen molar-refractivity contribution in [1.82, 2.24) is 0 Å².